The molecular formula is C21H13ClFN5O. The summed E-state index contributed by atoms with van der Waals surface area (Å²) >= 11 is 6.31. The SMILES string of the molecule is N#Cc1cccnc1NCc1nc2ccc(F)cc2c(=O)n1-c1ccccc1Cl. The van der Waals surface area contributed by atoms with Crippen LogP contribution in [0.3, 0.4) is 0 Å². The maximum absolute atomic E-state index is 13.7. The number of pyridine rings is 1. The highest BCUT2D eigenvalue weighted by Gasteiger charge is 2.16. The topological polar surface area (TPSA) is 83.6 Å². The number of hydrogen-bond donors (Lipinski definition) is 1. The third-order valence-corrected chi connectivity index (χ3v) is 4.65. The first-order valence-electron chi connectivity index (χ1n) is 8.63. The summed E-state index contributed by atoms with van der Waals surface area (Å²) in [5.74, 6) is 0.186. The van der Waals surface area contributed by atoms with Crippen molar-refractivity contribution in [1.82, 2.24) is 14.5 Å². The predicted molar refractivity (Wildman–Crippen MR) is 109 cm³/mol. The van der Waals surface area contributed by atoms with Gasteiger partial charge in [-0.05, 0) is 42.5 Å². The Morgan fingerprint density at radius 2 is 2.00 bits per heavy atom. The van der Waals surface area contributed by atoms with Gasteiger partial charge in [-0.25, -0.2) is 14.4 Å². The average molecular weight is 406 g/mol. The van der Waals surface area contributed by atoms with Gasteiger partial charge in [0, 0.05) is 6.20 Å². The summed E-state index contributed by atoms with van der Waals surface area (Å²) in [6.07, 6.45) is 1.56. The minimum absolute atomic E-state index is 0.0967. The summed E-state index contributed by atoms with van der Waals surface area (Å²) in [5, 5.41) is 12.8. The molecule has 2 aromatic heterocycles. The van der Waals surface area contributed by atoms with Crippen LogP contribution in [-0.4, -0.2) is 14.5 Å². The number of halogens is 2. The zero-order valence-corrected chi connectivity index (χ0v) is 15.7. The number of aromatic nitrogens is 3. The van der Waals surface area contributed by atoms with Gasteiger partial charge < -0.3 is 5.32 Å². The number of nitriles is 1. The Hall–Kier alpha value is -3.76. The number of nitrogens with zero attached hydrogens (tertiary/aromatic N) is 4. The van der Waals surface area contributed by atoms with E-state index < -0.39 is 11.4 Å². The molecule has 0 radical (unpaired) electrons. The summed E-state index contributed by atoms with van der Waals surface area (Å²) in [7, 11) is 0. The van der Waals surface area contributed by atoms with Crippen LogP contribution in [0.5, 0.6) is 0 Å². The molecule has 1 N–H and O–H groups in total. The first kappa shape index (κ1) is 18.6. The molecule has 4 rings (SSSR count). The minimum Gasteiger partial charge on any atom is -0.362 e. The molecule has 0 amide bonds. The number of anilines is 1. The van der Waals surface area contributed by atoms with E-state index in [-0.39, 0.29) is 11.9 Å². The van der Waals surface area contributed by atoms with Gasteiger partial charge in [0.25, 0.3) is 5.56 Å². The zero-order chi connectivity index (χ0) is 20.4. The molecule has 0 spiro atoms. The van der Waals surface area contributed by atoms with Crippen molar-refractivity contribution < 1.29 is 4.39 Å². The van der Waals surface area contributed by atoms with Crippen molar-refractivity contribution in [3.8, 4) is 11.8 Å². The Morgan fingerprint density at radius 1 is 1.17 bits per heavy atom. The molecule has 2 heterocycles. The smallest absolute Gasteiger partial charge is 0.266 e. The highest BCUT2D eigenvalue weighted by molar-refractivity contribution is 6.32. The van der Waals surface area contributed by atoms with E-state index in [1.807, 2.05) is 0 Å². The fraction of sp³-hybridized carbons (Fsp3) is 0.0476. The third kappa shape index (κ3) is 3.53. The molecule has 0 bridgehead atoms. The van der Waals surface area contributed by atoms with Crippen LogP contribution >= 0.6 is 11.6 Å². The van der Waals surface area contributed by atoms with Gasteiger partial charge in [-0.3, -0.25) is 9.36 Å². The fourth-order valence-electron chi connectivity index (χ4n) is 3.00. The molecule has 8 heteroatoms. The van der Waals surface area contributed by atoms with Crippen molar-refractivity contribution in [2.24, 2.45) is 0 Å². The molecule has 142 valence electrons. The predicted octanol–water partition coefficient (Wildman–Crippen LogP) is 4.06. The monoisotopic (exact) mass is 405 g/mol. The van der Waals surface area contributed by atoms with Gasteiger partial charge >= 0.3 is 0 Å². The van der Waals surface area contributed by atoms with Crippen LogP contribution in [0.1, 0.15) is 11.4 Å². The maximum atomic E-state index is 13.7. The van der Waals surface area contributed by atoms with E-state index in [1.54, 1.807) is 42.6 Å². The van der Waals surface area contributed by atoms with Crippen molar-refractivity contribution in [3.05, 3.63) is 93.4 Å². The van der Waals surface area contributed by atoms with Crippen LogP contribution in [0.2, 0.25) is 5.02 Å². The number of benzene rings is 2. The van der Waals surface area contributed by atoms with Gasteiger partial charge in [-0.1, -0.05) is 23.7 Å². The van der Waals surface area contributed by atoms with Crippen LogP contribution in [0.4, 0.5) is 10.2 Å². The molecule has 0 aliphatic rings. The minimum atomic E-state index is -0.528. The molecule has 0 saturated heterocycles. The summed E-state index contributed by atoms with van der Waals surface area (Å²) in [6.45, 7) is 0.0967. The Morgan fingerprint density at radius 3 is 2.79 bits per heavy atom. The molecule has 6 nitrogen and oxygen atoms in total. The molecule has 0 fully saturated rings. The second kappa shape index (κ2) is 7.70. The molecule has 0 aliphatic carbocycles. The largest absolute Gasteiger partial charge is 0.362 e. The lowest BCUT2D eigenvalue weighted by Gasteiger charge is -2.16. The molecule has 0 aliphatic heterocycles. The molecular weight excluding hydrogens is 393 g/mol. The second-order valence-electron chi connectivity index (χ2n) is 6.15. The van der Waals surface area contributed by atoms with Crippen molar-refractivity contribution in [2.45, 2.75) is 6.54 Å². The quantitative estimate of drug-likeness (QED) is 0.553. The lowest BCUT2D eigenvalue weighted by Crippen LogP contribution is -2.26. The van der Waals surface area contributed by atoms with Gasteiger partial charge in [0.2, 0.25) is 0 Å². The van der Waals surface area contributed by atoms with E-state index in [4.69, 9.17) is 11.6 Å². The molecule has 0 unspecified atom stereocenters. The normalized spacial score (nSPS) is 10.7. The zero-order valence-electron chi connectivity index (χ0n) is 14.9. The maximum Gasteiger partial charge on any atom is 0.266 e. The first-order valence-corrected chi connectivity index (χ1v) is 9.01. The van der Waals surface area contributed by atoms with Gasteiger partial charge in [0.15, 0.2) is 0 Å². The van der Waals surface area contributed by atoms with Crippen LogP contribution in [-0.2, 0) is 6.54 Å². The van der Waals surface area contributed by atoms with E-state index in [2.05, 4.69) is 21.4 Å². The van der Waals surface area contributed by atoms with Crippen LogP contribution in [0.15, 0.2) is 65.6 Å². The standard InChI is InChI=1S/C21H13ClFN5O/c22-16-5-1-2-6-18(16)28-19(12-26-20-13(11-24)4-3-9-25-20)27-17-8-7-14(23)10-15(17)21(28)29/h1-10H,12H2,(H,25,26). The first-order chi connectivity index (χ1) is 14.1. The van der Waals surface area contributed by atoms with E-state index >= 15 is 0 Å². The van der Waals surface area contributed by atoms with Crippen molar-refractivity contribution in [1.29, 1.82) is 5.26 Å². The Balaban J connectivity index is 1.89. The van der Waals surface area contributed by atoms with Gasteiger partial charge in [0.05, 0.1) is 33.7 Å². The second-order valence-corrected chi connectivity index (χ2v) is 6.55. The van der Waals surface area contributed by atoms with Gasteiger partial charge in [-0.2, -0.15) is 5.26 Å². The Kier molecular flexibility index (Phi) is 4.94. The van der Waals surface area contributed by atoms with Gasteiger partial charge in [-0.15, -0.1) is 0 Å². The van der Waals surface area contributed by atoms with Crippen molar-refractivity contribution in [2.75, 3.05) is 5.32 Å². The molecule has 0 saturated carbocycles. The highest BCUT2D eigenvalue weighted by atomic mass is 35.5. The number of nitrogens with one attached hydrogen (secondary N) is 1. The van der Waals surface area contributed by atoms with Crippen LogP contribution in [0.25, 0.3) is 16.6 Å². The van der Waals surface area contributed by atoms with Crippen molar-refractivity contribution >= 4 is 28.3 Å². The van der Waals surface area contributed by atoms with Gasteiger partial charge in [0.1, 0.15) is 23.5 Å². The van der Waals surface area contributed by atoms with Crippen LogP contribution in [0, 0.1) is 17.1 Å². The van der Waals surface area contributed by atoms with E-state index in [9.17, 15) is 14.4 Å². The number of fused-ring (bicyclic) bond motifs is 1. The number of para-hydroxylation sites is 1. The number of rotatable bonds is 4. The average Bonchev–Trinajstić information content (AvgIpc) is 2.74. The van der Waals surface area contributed by atoms with E-state index in [1.165, 1.54) is 16.7 Å². The third-order valence-electron chi connectivity index (χ3n) is 4.34. The summed E-state index contributed by atoms with van der Waals surface area (Å²) in [5.41, 5.74) is 0.706. The lowest BCUT2D eigenvalue weighted by atomic mass is 10.2. The van der Waals surface area contributed by atoms with E-state index in [0.29, 0.717) is 33.4 Å². The van der Waals surface area contributed by atoms with Crippen molar-refractivity contribution in [3.63, 3.8) is 0 Å². The highest BCUT2D eigenvalue weighted by Crippen LogP contribution is 2.22. The lowest BCUT2D eigenvalue weighted by molar-refractivity contribution is 0.629. The summed E-state index contributed by atoms with van der Waals surface area (Å²) in [4.78, 5) is 21.9. The summed E-state index contributed by atoms with van der Waals surface area (Å²) in [6, 6.07) is 16.0. The fourth-order valence-corrected chi connectivity index (χ4v) is 3.22. The van der Waals surface area contributed by atoms with Crippen LogP contribution < -0.4 is 10.9 Å². The summed E-state index contributed by atoms with van der Waals surface area (Å²) < 4.78 is 15.1. The molecule has 4 aromatic rings. The molecule has 29 heavy (non-hydrogen) atoms. The Labute approximate surface area is 169 Å². The number of hydrogen-bond acceptors (Lipinski definition) is 5. The Bertz CT molecular complexity index is 1330. The van der Waals surface area contributed by atoms with E-state index in [0.717, 1.165) is 6.07 Å². The molecule has 2 aromatic carbocycles. The molecule has 0 atom stereocenters.